The van der Waals surface area contributed by atoms with E-state index >= 15 is 0 Å². The lowest BCUT2D eigenvalue weighted by molar-refractivity contribution is 0.362. The Morgan fingerprint density at radius 2 is 1.79 bits per heavy atom. The van der Waals surface area contributed by atoms with Crippen molar-refractivity contribution in [1.82, 2.24) is 5.32 Å². The minimum atomic E-state index is 0.0967. The number of thioether (sulfide) groups is 1. The minimum Gasteiger partial charge on any atom is -0.287 e. The fourth-order valence-corrected chi connectivity index (χ4v) is 3.92. The van der Waals surface area contributed by atoms with E-state index in [4.69, 9.17) is 5.26 Å². The summed E-state index contributed by atoms with van der Waals surface area (Å²) in [6.45, 7) is 0. The largest absolute Gasteiger partial charge is 0.287 e. The standard InChI is InChI=1S/C11H18N2S/c12-8-10-9-14-11(13-10)6-4-2-1-3-5-7-11/h10,13H,1-7,9H2. The van der Waals surface area contributed by atoms with Gasteiger partial charge in [0.15, 0.2) is 0 Å². The molecule has 2 rings (SSSR count). The van der Waals surface area contributed by atoms with E-state index in [9.17, 15) is 0 Å². The van der Waals surface area contributed by atoms with E-state index in [1.807, 2.05) is 11.8 Å². The molecule has 3 heteroatoms. The molecule has 0 amide bonds. The Balaban J connectivity index is 1.96. The third kappa shape index (κ3) is 2.24. The van der Waals surface area contributed by atoms with Crippen LogP contribution in [0.25, 0.3) is 0 Å². The van der Waals surface area contributed by atoms with Crippen molar-refractivity contribution in [2.75, 3.05) is 5.75 Å². The molecule has 2 nitrogen and oxygen atoms in total. The zero-order valence-electron chi connectivity index (χ0n) is 8.59. The zero-order valence-corrected chi connectivity index (χ0v) is 9.41. The maximum absolute atomic E-state index is 8.88. The molecule has 0 bridgehead atoms. The first kappa shape index (κ1) is 10.3. The topological polar surface area (TPSA) is 35.8 Å². The highest BCUT2D eigenvalue weighted by Gasteiger charge is 2.38. The number of hydrogen-bond acceptors (Lipinski definition) is 3. The van der Waals surface area contributed by atoms with Crippen molar-refractivity contribution < 1.29 is 0 Å². The van der Waals surface area contributed by atoms with E-state index in [0.29, 0.717) is 0 Å². The summed E-state index contributed by atoms with van der Waals surface area (Å²) in [5.74, 6) is 0.983. The van der Waals surface area contributed by atoms with Crippen LogP contribution in [0.3, 0.4) is 0 Å². The second kappa shape index (κ2) is 4.55. The SMILES string of the molecule is N#CC1CSC2(CCCCCCC2)N1. The summed E-state index contributed by atoms with van der Waals surface area (Å²) < 4.78 is 0. The molecule has 1 atom stereocenters. The van der Waals surface area contributed by atoms with Crippen molar-refractivity contribution in [3.63, 3.8) is 0 Å². The molecule has 1 aliphatic carbocycles. The average molecular weight is 210 g/mol. The Kier molecular flexibility index (Phi) is 3.35. The van der Waals surface area contributed by atoms with Gasteiger partial charge < -0.3 is 0 Å². The molecule has 0 aromatic rings. The van der Waals surface area contributed by atoms with Crippen LogP contribution in [0.15, 0.2) is 0 Å². The van der Waals surface area contributed by atoms with Gasteiger partial charge in [0.2, 0.25) is 0 Å². The van der Waals surface area contributed by atoms with E-state index in [2.05, 4.69) is 11.4 Å². The van der Waals surface area contributed by atoms with Gasteiger partial charge in [-0.1, -0.05) is 32.1 Å². The van der Waals surface area contributed by atoms with Gasteiger partial charge in [0.1, 0.15) is 6.04 Å². The van der Waals surface area contributed by atoms with Crippen molar-refractivity contribution >= 4 is 11.8 Å². The molecular weight excluding hydrogens is 192 g/mol. The number of nitrogens with one attached hydrogen (secondary N) is 1. The Morgan fingerprint density at radius 3 is 2.36 bits per heavy atom. The average Bonchev–Trinajstić information content (AvgIpc) is 2.57. The molecule has 78 valence electrons. The first-order valence-corrected chi connectivity index (χ1v) is 6.64. The number of rotatable bonds is 0. The monoisotopic (exact) mass is 210 g/mol. The van der Waals surface area contributed by atoms with Crippen LogP contribution in [0.4, 0.5) is 0 Å². The van der Waals surface area contributed by atoms with Crippen LogP contribution in [0, 0.1) is 11.3 Å². The van der Waals surface area contributed by atoms with Gasteiger partial charge in [-0.2, -0.15) is 5.26 Å². The van der Waals surface area contributed by atoms with Crippen LogP contribution < -0.4 is 5.32 Å². The van der Waals surface area contributed by atoms with Gasteiger partial charge in [0, 0.05) is 5.75 Å². The summed E-state index contributed by atoms with van der Waals surface area (Å²) in [4.78, 5) is 0.265. The Bertz CT molecular complexity index is 226. The Labute approximate surface area is 90.4 Å². The van der Waals surface area contributed by atoms with Crippen LogP contribution in [0.1, 0.15) is 44.9 Å². The van der Waals surface area contributed by atoms with E-state index < -0.39 is 0 Å². The minimum absolute atomic E-state index is 0.0967. The summed E-state index contributed by atoms with van der Waals surface area (Å²) in [7, 11) is 0. The van der Waals surface area contributed by atoms with Crippen LogP contribution in [0.2, 0.25) is 0 Å². The van der Waals surface area contributed by atoms with Gasteiger partial charge >= 0.3 is 0 Å². The van der Waals surface area contributed by atoms with Crippen molar-refractivity contribution in [3.8, 4) is 6.07 Å². The van der Waals surface area contributed by atoms with Crippen molar-refractivity contribution in [3.05, 3.63) is 0 Å². The quantitative estimate of drug-likeness (QED) is 0.667. The highest BCUT2D eigenvalue weighted by molar-refractivity contribution is 8.00. The second-order valence-electron chi connectivity index (χ2n) is 4.40. The van der Waals surface area contributed by atoms with E-state index in [1.165, 1.54) is 44.9 Å². The van der Waals surface area contributed by atoms with Crippen LogP contribution in [-0.4, -0.2) is 16.7 Å². The molecule has 0 aromatic carbocycles. The fraction of sp³-hybridized carbons (Fsp3) is 0.909. The van der Waals surface area contributed by atoms with Crippen LogP contribution >= 0.6 is 11.8 Å². The van der Waals surface area contributed by atoms with Crippen molar-refractivity contribution in [1.29, 1.82) is 5.26 Å². The second-order valence-corrected chi connectivity index (χ2v) is 5.80. The summed E-state index contributed by atoms with van der Waals surface area (Å²) in [6, 6.07) is 2.44. The molecule has 0 aromatic heterocycles. The third-order valence-corrected chi connectivity index (χ3v) is 4.86. The number of nitrogens with zero attached hydrogens (tertiary/aromatic N) is 1. The molecule has 14 heavy (non-hydrogen) atoms. The first-order chi connectivity index (χ1) is 6.85. The lowest BCUT2D eigenvalue weighted by atomic mass is 9.96. The van der Waals surface area contributed by atoms with Gasteiger partial charge in [-0.05, 0) is 12.8 Å². The van der Waals surface area contributed by atoms with Gasteiger partial charge in [-0.3, -0.25) is 5.32 Å². The molecule has 0 radical (unpaired) electrons. The van der Waals surface area contributed by atoms with Crippen LogP contribution in [0.5, 0.6) is 0 Å². The molecule has 2 fully saturated rings. The number of hydrogen-bond donors (Lipinski definition) is 1. The molecule has 1 heterocycles. The third-order valence-electron chi connectivity index (χ3n) is 3.28. The Hall–Kier alpha value is -0.200. The van der Waals surface area contributed by atoms with E-state index in [-0.39, 0.29) is 10.9 Å². The van der Waals surface area contributed by atoms with Crippen LogP contribution in [-0.2, 0) is 0 Å². The van der Waals surface area contributed by atoms with Gasteiger partial charge in [-0.15, -0.1) is 11.8 Å². The predicted octanol–water partition coefficient (Wildman–Crippen LogP) is 2.66. The molecule has 1 spiro atoms. The summed E-state index contributed by atoms with van der Waals surface area (Å²) >= 11 is 1.99. The van der Waals surface area contributed by atoms with Gasteiger partial charge in [0.25, 0.3) is 0 Å². The normalized spacial score (nSPS) is 32.1. The Morgan fingerprint density at radius 1 is 1.14 bits per heavy atom. The molecule has 1 saturated heterocycles. The molecule has 2 aliphatic rings. The maximum Gasteiger partial charge on any atom is 0.106 e. The summed E-state index contributed by atoms with van der Waals surface area (Å²) in [5.41, 5.74) is 0. The fourth-order valence-electron chi connectivity index (χ4n) is 2.48. The molecule has 1 N–H and O–H groups in total. The van der Waals surface area contributed by atoms with Gasteiger partial charge in [0.05, 0.1) is 10.9 Å². The zero-order chi connectivity index (χ0) is 9.86. The van der Waals surface area contributed by atoms with E-state index in [1.54, 1.807) is 0 Å². The predicted molar refractivity (Wildman–Crippen MR) is 60.0 cm³/mol. The highest BCUT2D eigenvalue weighted by atomic mass is 32.2. The van der Waals surface area contributed by atoms with Crippen molar-refractivity contribution in [2.45, 2.75) is 55.9 Å². The lowest BCUT2D eigenvalue weighted by Gasteiger charge is -2.30. The molecular formula is C11H18N2S. The number of nitriles is 1. The first-order valence-electron chi connectivity index (χ1n) is 5.66. The summed E-state index contributed by atoms with van der Waals surface area (Å²) in [5, 5.41) is 12.4. The van der Waals surface area contributed by atoms with E-state index in [0.717, 1.165) is 5.75 Å². The highest BCUT2D eigenvalue weighted by Crippen LogP contribution is 2.40. The van der Waals surface area contributed by atoms with Gasteiger partial charge in [-0.25, -0.2) is 0 Å². The smallest absolute Gasteiger partial charge is 0.106 e. The van der Waals surface area contributed by atoms with Crippen molar-refractivity contribution in [2.24, 2.45) is 0 Å². The molecule has 1 aliphatic heterocycles. The molecule has 1 unspecified atom stereocenters. The summed E-state index contributed by atoms with van der Waals surface area (Å²) in [6.07, 6.45) is 9.34. The maximum atomic E-state index is 8.88. The molecule has 1 saturated carbocycles. The lowest BCUT2D eigenvalue weighted by Crippen LogP contribution is -2.41.